The third kappa shape index (κ3) is 10.0. The summed E-state index contributed by atoms with van der Waals surface area (Å²) in [5.41, 5.74) is 2.25. The Morgan fingerprint density at radius 2 is 1.14 bits per heavy atom. The summed E-state index contributed by atoms with van der Waals surface area (Å²) in [7, 11) is -7.18. The maximum Gasteiger partial charge on any atom is 0.264 e. The van der Waals surface area contributed by atoms with Crippen LogP contribution in [0.5, 0.6) is 0 Å². The SMILES string of the molecule is CS(=O)(=O)OCC[C@@H](COS(C)(=O)=O)C(Cc1ccccc1)Cc1ccccc1. The molecule has 0 spiro atoms. The summed E-state index contributed by atoms with van der Waals surface area (Å²) in [6, 6.07) is 19.8. The van der Waals surface area contributed by atoms with Crippen LogP contribution in [0.1, 0.15) is 17.5 Å². The van der Waals surface area contributed by atoms with Crippen molar-refractivity contribution in [3.8, 4) is 0 Å². The van der Waals surface area contributed by atoms with E-state index in [0.29, 0.717) is 19.3 Å². The lowest BCUT2D eigenvalue weighted by molar-refractivity contribution is 0.163. The van der Waals surface area contributed by atoms with Crippen LogP contribution in [-0.2, 0) is 41.4 Å². The van der Waals surface area contributed by atoms with Gasteiger partial charge in [0.2, 0.25) is 0 Å². The van der Waals surface area contributed by atoms with Crippen molar-refractivity contribution in [3.63, 3.8) is 0 Å². The molecule has 8 heteroatoms. The van der Waals surface area contributed by atoms with Crippen LogP contribution < -0.4 is 0 Å². The van der Waals surface area contributed by atoms with Crippen LogP contribution in [0.25, 0.3) is 0 Å². The summed E-state index contributed by atoms with van der Waals surface area (Å²) in [5, 5.41) is 0. The maximum atomic E-state index is 11.6. The van der Waals surface area contributed by atoms with Crippen molar-refractivity contribution in [2.45, 2.75) is 19.3 Å². The van der Waals surface area contributed by atoms with Gasteiger partial charge in [0, 0.05) is 0 Å². The van der Waals surface area contributed by atoms with Gasteiger partial charge in [-0.25, -0.2) is 0 Å². The van der Waals surface area contributed by atoms with E-state index in [4.69, 9.17) is 8.37 Å². The van der Waals surface area contributed by atoms with Crippen LogP contribution in [0.3, 0.4) is 0 Å². The van der Waals surface area contributed by atoms with E-state index in [2.05, 4.69) is 0 Å². The van der Waals surface area contributed by atoms with Crippen molar-refractivity contribution in [2.24, 2.45) is 11.8 Å². The van der Waals surface area contributed by atoms with E-state index in [1.54, 1.807) is 0 Å². The Labute approximate surface area is 174 Å². The van der Waals surface area contributed by atoms with E-state index in [0.717, 1.165) is 23.6 Å². The van der Waals surface area contributed by atoms with E-state index in [-0.39, 0.29) is 25.0 Å². The van der Waals surface area contributed by atoms with Gasteiger partial charge in [0.1, 0.15) is 0 Å². The van der Waals surface area contributed by atoms with Crippen molar-refractivity contribution in [2.75, 3.05) is 25.7 Å². The van der Waals surface area contributed by atoms with Crippen LogP contribution in [0, 0.1) is 11.8 Å². The molecule has 160 valence electrons. The lowest BCUT2D eigenvalue weighted by Crippen LogP contribution is -2.27. The lowest BCUT2D eigenvalue weighted by atomic mass is 9.81. The normalized spacial score (nSPS) is 13.5. The van der Waals surface area contributed by atoms with Crippen molar-refractivity contribution >= 4 is 20.2 Å². The third-order valence-electron chi connectivity index (χ3n) is 4.63. The summed E-state index contributed by atoms with van der Waals surface area (Å²) in [6.07, 6.45) is 3.81. The van der Waals surface area contributed by atoms with Gasteiger partial charge >= 0.3 is 0 Å². The molecule has 0 aliphatic carbocycles. The third-order valence-corrected chi connectivity index (χ3v) is 5.79. The van der Waals surface area contributed by atoms with Gasteiger partial charge in [0.15, 0.2) is 0 Å². The predicted molar refractivity (Wildman–Crippen MR) is 113 cm³/mol. The predicted octanol–water partition coefficient (Wildman–Crippen LogP) is 3.05. The summed E-state index contributed by atoms with van der Waals surface area (Å²) in [5.74, 6) is -0.156. The second-order valence-electron chi connectivity index (χ2n) is 7.20. The quantitative estimate of drug-likeness (QED) is 0.472. The minimum absolute atomic E-state index is 0.0172. The fourth-order valence-electron chi connectivity index (χ4n) is 3.26. The molecule has 1 atom stereocenters. The second-order valence-corrected chi connectivity index (χ2v) is 10.5. The Morgan fingerprint density at radius 1 is 0.690 bits per heavy atom. The smallest absolute Gasteiger partial charge is 0.264 e. The monoisotopic (exact) mass is 440 g/mol. The largest absolute Gasteiger partial charge is 0.270 e. The van der Waals surface area contributed by atoms with Gasteiger partial charge in [-0.05, 0) is 42.2 Å². The Balaban J connectivity index is 2.23. The van der Waals surface area contributed by atoms with Crippen molar-refractivity contribution in [1.82, 2.24) is 0 Å². The first-order chi connectivity index (χ1) is 13.6. The first kappa shape index (κ1) is 23.5. The average molecular weight is 441 g/mol. The first-order valence-electron chi connectivity index (χ1n) is 9.39. The molecule has 0 bridgehead atoms. The fraction of sp³-hybridized carbons (Fsp3) is 0.429. The van der Waals surface area contributed by atoms with E-state index < -0.39 is 20.2 Å². The van der Waals surface area contributed by atoms with Gasteiger partial charge in [-0.3, -0.25) is 8.37 Å². The van der Waals surface area contributed by atoms with Gasteiger partial charge in [-0.15, -0.1) is 0 Å². The first-order valence-corrected chi connectivity index (χ1v) is 13.0. The molecule has 0 heterocycles. The van der Waals surface area contributed by atoms with Crippen LogP contribution in [0.2, 0.25) is 0 Å². The molecule has 0 radical (unpaired) electrons. The fourth-order valence-corrected chi connectivity index (χ4v) is 4.08. The molecule has 0 saturated heterocycles. The maximum absolute atomic E-state index is 11.6. The summed E-state index contributed by atoms with van der Waals surface area (Å²) in [6.45, 7) is -0.0347. The Morgan fingerprint density at radius 3 is 1.55 bits per heavy atom. The minimum Gasteiger partial charge on any atom is -0.270 e. The molecular weight excluding hydrogens is 412 g/mol. The second kappa shape index (κ2) is 10.9. The standard InChI is InChI=1S/C21H28O6S2/c1-28(22,23)26-14-13-20(17-27-29(2,24)25)21(15-18-9-5-3-6-10-18)16-19-11-7-4-8-12-19/h3-12,20-21H,13-17H2,1-2H3/t20-/m0/s1. The van der Waals surface area contributed by atoms with Crippen LogP contribution in [0.4, 0.5) is 0 Å². The number of rotatable bonds is 12. The Kier molecular flexibility index (Phi) is 8.82. The highest BCUT2D eigenvalue weighted by Crippen LogP contribution is 2.26. The van der Waals surface area contributed by atoms with Gasteiger partial charge in [0.25, 0.3) is 20.2 Å². The van der Waals surface area contributed by atoms with Gasteiger partial charge in [-0.1, -0.05) is 60.7 Å². The van der Waals surface area contributed by atoms with E-state index >= 15 is 0 Å². The number of hydrogen-bond donors (Lipinski definition) is 0. The number of hydrogen-bond acceptors (Lipinski definition) is 6. The molecule has 2 rings (SSSR count). The topological polar surface area (TPSA) is 86.7 Å². The van der Waals surface area contributed by atoms with E-state index in [1.165, 1.54) is 0 Å². The van der Waals surface area contributed by atoms with E-state index in [9.17, 15) is 16.8 Å². The Hall–Kier alpha value is -1.74. The van der Waals surface area contributed by atoms with Gasteiger partial charge in [0.05, 0.1) is 25.7 Å². The molecule has 29 heavy (non-hydrogen) atoms. The lowest BCUT2D eigenvalue weighted by Gasteiger charge is -2.27. The molecule has 0 aliphatic heterocycles. The van der Waals surface area contributed by atoms with Crippen molar-refractivity contribution in [3.05, 3.63) is 71.8 Å². The molecule has 0 fully saturated rings. The zero-order valence-electron chi connectivity index (χ0n) is 16.7. The molecular formula is C21H28O6S2. The summed E-state index contributed by atoms with van der Waals surface area (Å²) in [4.78, 5) is 0. The van der Waals surface area contributed by atoms with E-state index in [1.807, 2.05) is 60.7 Å². The molecule has 0 unspecified atom stereocenters. The van der Waals surface area contributed by atoms with Crippen LogP contribution >= 0.6 is 0 Å². The highest BCUT2D eigenvalue weighted by Gasteiger charge is 2.25. The molecule has 0 aliphatic rings. The molecule has 0 amide bonds. The van der Waals surface area contributed by atoms with Crippen molar-refractivity contribution < 1.29 is 25.2 Å². The molecule has 2 aromatic carbocycles. The molecule has 2 aromatic rings. The highest BCUT2D eigenvalue weighted by molar-refractivity contribution is 7.86. The molecule has 0 aromatic heterocycles. The van der Waals surface area contributed by atoms with Gasteiger partial charge < -0.3 is 0 Å². The zero-order valence-corrected chi connectivity index (χ0v) is 18.4. The van der Waals surface area contributed by atoms with Crippen LogP contribution in [-0.4, -0.2) is 42.6 Å². The van der Waals surface area contributed by atoms with Crippen LogP contribution in [0.15, 0.2) is 60.7 Å². The number of benzene rings is 2. The average Bonchev–Trinajstić information content (AvgIpc) is 2.64. The molecule has 0 saturated carbocycles. The van der Waals surface area contributed by atoms with Crippen molar-refractivity contribution in [1.29, 1.82) is 0 Å². The van der Waals surface area contributed by atoms with Gasteiger partial charge in [-0.2, -0.15) is 16.8 Å². The molecule has 6 nitrogen and oxygen atoms in total. The summed E-state index contributed by atoms with van der Waals surface area (Å²) < 4.78 is 55.8. The minimum atomic E-state index is -3.61. The molecule has 0 N–H and O–H groups in total. The Bertz CT molecular complexity index is 900. The highest BCUT2D eigenvalue weighted by atomic mass is 32.2. The summed E-state index contributed by atoms with van der Waals surface area (Å²) >= 11 is 0. The zero-order chi connectivity index (χ0) is 21.3.